The molecule has 2 rings (SSSR count). The predicted octanol–water partition coefficient (Wildman–Crippen LogP) is 3.76. The summed E-state index contributed by atoms with van der Waals surface area (Å²) < 4.78 is 7.17. The second-order valence-electron chi connectivity index (χ2n) is 4.18. The summed E-state index contributed by atoms with van der Waals surface area (Å²) in [7, 11) is 0. The summed E-state index contributed by atoms with van der Waals surface area (Å²) in [6.45, 7) is 4.75. The van der Waals surface area contributed by atoms with Gasteiger partial charge in [0.25, 0.3) is 5.89 Å². The highest BCUT2D eigenvalue weighted by Gasteiger charge is 2.12. The van der Waals surface area contributed by atoms with Crippen LogP contribution in [0.3, 0.4) is 0 Å². The Morgan fingerprint density at radius 3 is 2.83 bits per heavy atom. The molecule has 0 amide bonds. The first-order chi connectivity index (χ1) is 8.56. The lowest BCUT2D eigenvalue weighted by atomic mass is 10.2. The van der Waals surface area contributed by atoms with Crippen molar-refractivity contribution in [2.45, 2.75) is 26.4 Å². The smallest absolute Gasteiger partial charge is 0.259 e. The maximum atomic E-state index is 5.27. The fraction of sp³-hybridized carbons (Fsp3) is 0.333. The van der Waals surface area contributed by atoms with Crippen LogP contribution in [0.15, 0.2) is 31.7 Å². The Morgan fingerprint density at radius 1 is 1.33 bits per heavy atom. The van der Waals surface area contributed by atoms with Gasteiger partial charge in [-0.15, -0.1) is 0 Å². The second kappa shape index (κ2) is 5.95. The largest absolute Gasteiger partial charge is 0.334 e. The van der Waals surface area contributed by atoms with Crippen LogP contribution in [0.25, 0.3) is 11.5 Å². The first-order valence-electron chi connectivity index (χ1n) is 5.57. The first kappa shape index (κ1) is 13.7. The van der Waals surface area contributed by atoms with Crippen molar-refractivity contribution in [1.29, 1.82) is 0 Å². The van der Waals surface area contributed by atoms with Gasteiger partial charge in [0.15, 0.2) is 5.82 Å². The van der Waals surface area contributed by atoms with Crippen LogP contribution in [-0.2, 0) is 6.54 Å². The van der Waals surface area contributed by atoms with Crippen molar-refractivity contribution >= 4 is 31.9 Å². The first-order valence-corrected chi connectivity index (χ1v) is 7.16. The highest BCUT2D eigenvalue weighted by molar-refractivity contribution is 9.11. The van der Waals surface area contributed by atoms with Gasteiger partial charge in [0.05, 0.1) is 12.1 Å². The molecule has 0 aliphatic heterocycles. The van der Waals surface area contributed by atoms with Crippen molar-refractivity contribution in [2.24, 2.45) is 0 Å². The molecule has 0 unspecified atom stereocenters. The van der Waals surface area contributed by atoms with Crippen LogP contribution >= 0.6 is 31.9 Å². The zero-order chi connectivity index (χ0) is 13.1. The van der Waals surface area contributed by atoms with E-state index in [1.165, 1.54) is 0 Å². The Bertz CT molecular complexity index is 540. The van der Waals surface area contributed by atoms with Crippen LogP contribution in [-0.4, -0.2) is 16.2 Å². The second-order valence-corrected chi connectivity index (χ2v) is 5.95. The van der Waals surface area contributed by atoms with Crippen LogP contribution in [0.2, 0.25) is 0 Å². The number of nitrogens with one attached hydrogen (secondary N) is 1. The zero-order valence-electron chi connectivity index (χ0n) is 10.1. The maximum absolute atomic E-state index is 5.27. The number of halogens is 2. The van der Waals surface area contributed by atoms with Crippen LogP contribution in [0.4, 0.5) is 0 Å². The van der Waals surface area contributed by atoms with Gasteiger partial charge in [0.2, 0.25) is 0 Å². The summed E-state index contributed by atoms with van der Waals surface area (Å²) in [5.74, 6) is 1.18. The van der Waals surface area contributed by atoms with Gasteiger partial charge in [0, 0.05) is 15.0 Å². The summed E-state index contributed by atoms with van der Waals surface area (Å²) >= 11 is 6.90. The summed E-state index contributed by atoms with van der Waals surface area (Å²) in [5, 5.41) is 7.20. The molecule has 0 aliphatic rings. The van der Waals surface area contributed by atoms with Crippen molar-refractivity contribution in [3.63, 3.8) is 0 Å². The Labute approximate surface area is 122 Å². The number of hydrogen-bond donors (Lipinski definition) is 1. The topological polar surface area (TPSA) is 51.0 Å². The molecule has 0 bridgehead atoms. The van der Waals surface area contributed by atoms with E-state index in [2.05, 4.69) is 61.2 Å². The predicted molar refractivity (Wildman–Crippen MR) is 77.1 cm³/mol. The van der Waals surface area contributed by atoms with E-state index in [0.29, 0.717) is 24.3 Å². The van der Waals surface area contributed by atoms with Gasteiger partial charge >= 0.3 is 0 Å². The van der Waals surface area contributed by atoms with E-state index >= 15 is 0 Å². The maximum Gasteiger partial charge on any atom is 0.259 e. The zero-order valence-corrected chi connectivity index (χ0v) is 13.2. The van der Waals surface area contributed by atoms with Gasteiger partial charge < -0.3 is 9.84 Å². The van der Waals surface area contributed by atoms with E-state index in [1.807, 2.05) is 18.2 Å². The van der Waals surface area contributed by atoms with Crippen LogP contribution in [0.1, 0.15) is 19.7 Å². The lowest BCUT2D eigenvalue weighted by molar-refractivity contribution is 0.417. The normalized spacial score (nSPS) is 11.2. The Morgan fingerprint density at radius 2 is 2.11 bits per heavy atom. The molecular weight excluding hydrogens is 362 g/mol. The molecule has 0 saturated heterocycles. The van der Waals surface area contributed by atoms with E-state index in [0.717, 1.165) is 14.5 Å². The average molecular weight is 375 g/mol. The van der Waals surface area contributed by atoms with Gasteiger partial charge in [0.1, 0.15) is 0 Å². The van der Waals surface area contributed by atoms with Gasteiger partial charge in [-0.3, -0.25) is 0 Å². The number of benzene rings is 1. The molecule has 96 valence electrons. The monoisotopic (exact) mass is 373 g/mol. The molecule has 0 saturated carbocycles. The molecule has 1 aromatic heterocycles. The number of nitrogens with zero attached hydrogens (tertiary/aromatic N) is 2. The van der Waals surface area contributed by atoms with Gasteiger partial charge in [-0.05, 0) is 34.1 Å². The molecule has 0 aliphatic carbocycles. The number of hydrogen-bond acceptors (Lipinski definition) is 4. The summed E-state index contributed by atoms with van der Waals surface area (Å²) in [6, 6.07) is 6.22. The van der Waals surface area contributed by atoms with Crippen molar-refractivity contribution < 1.29 is 4.52 Å². The number of rotatable bonds is 4. The molecule has 18 heavy (non-hydrogen) atoms. The minimum absolute atomic E-state index is 0.393. The molecule has 0 radical (unpaired) electrons. The summed E-state index contributed by atoms with van der Waals surface area (Å²) in [6.07, 6.45) is 0. The summed E-state index contributed by atoms with van der Waals surface area (Å²) in [4.78, 5) is 4.36. The molecule has 0 atom stereocenters. The Hall–Kier alpha value is -0.720. The summed E-state index contributed by atoms with van der Waals surface area (Å²) in [5.41, 5.74) is 0.882. The van der Waals surface area contributed by atoms with Gasteiger partial charge in [-0.1, -0.05) is 34.9 Å². The molecule has 1 N–H and O–H groups in total. The third-order valence-electron chi connectivity index (χ3n) is 2.30. The molecule has 4 nitrogen and oxygen atoms in total. The number of aromatic nitrogens is 2. The Balaban J connectivity index is 2.21. The van der Waals surface area contributed by atoms with E-state index in [1.54, 1.807) is 0 Å². The fourth-order valence-electron chi connectivity index (χ4n) is 1.39. The molecule has 6 heteroatoms. The standard InChI is InChI=1S/C12H13Br2N3O/c1-7(2)15-6-11-16-12(18-17-11)9-5-8(13)3-4-10(9)14/h3-5,7,15H,6H2,1-2H3. The van der Waals surface area contributed by atoms with E-state index in [9.17, 15) is 0 Å². The SMILES string of the molecule is CC(C)NCc1noc(-c2cc(Br)ccc2Br)n1. The quantitative estimate of drug-likeness (QED) is 0.885. The van der Waals surface area contributed by atoms with E-state index in [4.69, 9.17) is 4.52 Å². The van der Waals surface area contributed by atoms with Gasteiger partial charge in [-0.2, -0.15) is 4.98 Å². The third-order valence-corrected chi connectivity index (χ3v) is 3.48. The lowest BCUT2D eigenvalue weighted by Crippen LogP contribution is -2.22. The molecule has 2 aromatic rings. The van der Waals surface area contributed by atoms with E-state index in [-0.39, 0.29) is 0 Å². The highest BCUT2D eigenvalue weighted by atomic mass is 79.9. The molecule has 1 heterocycles. The average Bonchev–Trinajstić information content (AvgIpc) is 2.78. The van der Waals surface area contributed by atoms with Crippen LogP contribution in [0, 0.1) is 0 Å². The molecule has 0 fully saturated rings. The fourth-order valence-corrected chi connectivity index (χ4v) is 2.17. The Kier molecular flexibility index (Phi) is 4.53. The molecule has 0 spiro atoms. The van der Waals surface area contributed by atoms with Crippen LogP contribution in [0.5, 0.6) is 0 Å². The van der Waals surface area contributed by atoms with Gasteiger partial charge in [-0.25, -0.2) is 0 Å². The van der Waals surface area contributed by atoms with Crippen molar-refractivity contribution in [1.82, 2.24) is 15.5 Å². The molecular formula is C12H13Br2N3O. The van der Waals surface area contributed by atoms with E-state index < -0.39 is 0 Å². The minimum atomic E-state index is 0.393. The lowest BCUT2D eigenvalue weighted by Gasteiger charge is -2.03. The minimum Gasteiger partial charge on any atom is -0.334 e. The van der Waals surface area contributed by atoms with Crippen LogP contribution < -0.4 is 5.32 Å². The third kappa shape index (κ3) is 3.40. The van der Waals surface area contributed by atoms with Crippen molar-refractivity contribution in [3.05, 3.63) is 33.0 Å². The molecule has 1 aromatic carbocycles. The highest BCUT2D eigenvalue weighted by Crippen LogP contribution is 2.29. The van der Waals surface area contributed by atoms with Crippen molar-refractivity contribution in [2.75, 3.05) is 0 Å². The van der Waals surface area contributed by atoms with Crippen molar-refractivity contribution in [3.8, 4) is 11.5 Å².